The molecule has 168 valence electrons. The van der Waals surface area contributed by atoms with E-state index in [1.54, 1.807) is 4.90 Å². The summed E-state index contributed by atoms with van der Waals surface area (Å²) in [5, 5.41) is 3.08. The molecule has 0 saturated carbocycles. The number of piperidine rings is 1. The highest BCUT2D eigenvalue weighted by atomic mass is 16.6. The maximum absolute atomic E-state index is 12.6. The number of nitrogens with zero attached hydrogens (tertiary/aromatic N) is 3. The second kappa shape index (κ2) is 8.95. The molecule has 1 aliphatic rings. The number of H-pyrrole nitrogens is 1. The Labute approximate surface area is 181 Å². The number of ether oxygens (including phenoxy) is 1. The smallest absolute Gasteiger partial charge is 0.410 e. The standard InChI is InChI=1S/C22H31N5O4/c1-14-6-8-16(9-7-14)15(2)23-18-24-19(28)27(20(29)25-18)17-10-12-26(13-11-17)21(30)31-22(3,4)5/h6-9,15,17H,10-13H2,1-5H3,(H2,23,24,25,28,29). The largest absolute Gasteiger partial charge is 0.444 e. The van der Waals surface area contributed by atoms with Crippen molar-refractivity contribution in [2.24, 2.45) is 0 Å². The fourth-order valence-corrected chi connectivity index (χ4v) is 3.59. The molecule has 1 aliphatic heterocycles. The number of aryl methyl sites for hydroxylation is 1. The Balaban J connectivity index is 1.67. The van der Waals surface area contributed by atoms with Gasteiger partial charge in [0.05, 0.1) is 6.04 Å². The van der Waals surface area contributed by atoms with Crippen molar-refractivity contribution in [2.75, 3.05) is 18.4 Å². The van der Waals surface area contributed by atoms with Crippen molar-refractivity contribution in [3.63, 3.8) is 0 Å². The third-order valence-electron chi connectivity index (χ3n) is 5.27. The monoisotopic (exact) mass is 429 g/mol. The Morgan fingerprint density at radius 2 is 1.81 bits per heavy atom. The lowest BCUT2D eigenvalue weighted by atomic mass is 10.1. The van der Waals surface area contributed by atoms with Crippen LogP contribution in [0.4, 0.5) is 10.7 Å². The number of amides is 1. The molecule has 1 fully saturated rings. The average Bonchev–Trinajstić information content (AvgIpc) is 2.67. The van der Waals surface area contributed by atoms with E-state index in [-0.39, 0.29) is 24.1 Å². The van der Waals surface area contributed by atoms with Crippen molar-refractivity contribution in [3.05, 3.63) is 56.4 Å². The van der Waals surface area contributed by atoms with Gasteiger partial charge in [0.15, 0.2) is 0 Å². The van der Waals surface area contributed by atoms with E-state index in [2.05, 4.69) is 15.3 Å². The Morgan fingerprint density at radius 3 is 2.35 bits per heavy atom. The second-order valence-corrected chi connectivity index (χ2v) is 9.02. The topological polar surface area (TPSA) is 109 Å². The predicted molar refractivity (Wildman–Crippen MR) is 118 cm³/mol. The van der Waals surface area contributed by atoms with Gasteiger partial charge in [-0.1, -0.05) is 29.8 Å². The quantitative estimate of drug-likeness (QED) is 0.773. The molecule has 1 aromatic heterocycles. The molecule has 1 amide bonds. The molecule has 2 N–H and O–H groups in total. The van der Waals surface area contributed by atoms with E-state index in [0.717, 1.165) is 15.7 Å². The maximum atomic E-state index is 12.6. The Hall–Kier alpha value is -3.10. The van der Waals surface area contributed by atoms with Crippen LogP contribution in [0.15, 0.2) is 33.9 Å². The van der Waals surface area contributed by atoms with Crippen molar-refractivity contribution >= 4 is 12.0 Å². The van der Waals surface area contributed by atoms with Gasteiger partial charge in [0, 0.05) is 19.1 Å². The molecule has 1 atom stereocenters. The van der Waals surface area contributed by atoms with E-state index in [0.29, 0.717) is 25.9 Å². The Bertz CT molecular complexity index is 996. The number of benzene rings is 1. The SMILES string of the molecule is Cc1ccc(C(C)Nc2nc(=O)n(C3CCN(C(=O)OC(C)(C)C)CC3)c(=O)[nH]2)cc1. The number of likely N-dealkylation sites (tertiary alicyclic amines) is 1. The number of hydrogen-bond donors (Lipinski definition) is 2. The minimum atomic E-state index is -0.599. The fourth-order valence-electron chi connectivity index (χ4n) is 3.59. The summed E-state index contributed by atoms with van der Waals surface area (Å²) in [6.07, 6.45) is 0.586. The maximum Gasteiger partial charge on any atom is 0.410 e. The van der Waals surface area contributed by atoms with Crippen LogP contribution in [-0.4, -0.2) is 44.2 Å². The minimum Gasteiger partial charge on any atom is -0.444 e. The van der Waals surface area contributed by atoms with Crippen molar-refractivity contribution in [1.82, 2.24) is 19.4 Å². The third-order valence-corrected chi connectivity index (χ3v) is 5.27. The molecule has 31 heavy (non-hydrogen) atoms. The van der Waals surface area contributed by atoms with Gasteiger partial charge in [-0.15, -0.1) is 0 Å². The highest BCUT2D eigenvalue weighted by molar-refractivity contribution is 5.68. The predicted octanol–water partition coefficient (Wildman–Crippen LogP) is 2.99. The summed E-state index contributed by atoms with van der Waals surface area (Å²) in [6, 6.07) is 7.55. The first-order chi connectivity index (χ1) is 14.5. The van der Waals surface area contributed by atoms with Crippen molar-refractivity contribution < 1.29 is 9.53 Å². The second-order valence-electron chi connectivity index (χ2n) is 9.02. The minimum absolute atomic E-state index is 0.129. The molecule has 2 heterocycles. The van der Waals surface area contributed by atoms with Gasteiger partial charge in [0.1, 0.15) is 5.60 Å². The van der Waals surface area contributed by atoms with E-state index >= 15 is 0 Å². The van der Waals surface area contributed by atoms with Gasteiger partial charge < -0.3 is 15.0 Å². The van der Waals surface area contributed by atoms with E-state index in [4.69, 9.17) is 4.74 Å². The normalized spacial score (nSPS) is 16.1. The van der Waals surface area contributed by atoms with Crippen LogP contribution in [0.1, 0.15) is 63.7 Å². The lowest BCUT2D eigenvalue weighted by Crippen LogP contribution is -2.47. The van der Waals surface area contributed by atoms with Crippen molar-refractivity contribution in [1.29, 1.82) is 0 Å². The summed E-state index contributed by atoms with van der Waals surface area (Å²) in [5.41, 5.74) is 0.506. The van der Waals surface area contributed by atoms with Gasteiger partial charge >= 0.3 is 17.5 Å². The first-order valence-electron chi connectivity index (χ1n) is 10.6. The van der Waals surface area contributed by atoms with Gasteiger partial charge in [0.25, 0.3) is 0 Å². The zero-order valence-corrected chi connectivity index (χ0v) is 18.8. The number of anilines is 1. The van der Waals surface area contributed by atoms with Crippen LogP contribution in [0.5, 0.6) is 0 Å². The zero-order chi connectivity index (χ0) is 22.8. The number of aromatic amines is 1. The molecule has 1 aromatic carbocycles. The molecular weight excluding hydrogens is 398 g/mol. The van der Waals surface area contributed by atoms with Crippen LogP contribution in [0.25, 0.3) is 0 Å². The Morgan fingerprint density at radius 1 is 1.19 bits per heavy atom. The summed E-state index contributed by atoms with van der Waals surface area (Å²) < 4.78 is 6.54. The number of hydrogen-bond acceptors (Lipinski definition) is 6. The van der Waals surface area contributed by atoms with Gasteiger partial charge in [-0.25, -0.2) is 19.0 Å². The van der Waals surface area contributed by atoms with E-state index in [1.807, 2.05) is 58.9 Å². The first-order valence-corrected chi connectivity index (χ1v) is 10.6. The number of carbonyl (C=O) groups excluding carboxylic acids is 1. The molecule has 9 heteroatoms. The van der Waals surface area contributed by atoms with Crippen LogP contribution < -0.4 is 16.7 Å². The summed E-state index contributed by atoms with van der Waals surface area (Å²) in [7, 11) is 0. The molecule has 1 unspecified atom stereocenters. The summed E-state index contributed by atoms with van der Waals surface area (Å²) in [6.45, 7) is 10.2. The van der Waals surface area contributed by atoms with E-state index in [9.17, 15) is 14.4 Å². The molecule has 2 aromatic rings. The zero-order valence-electron chi connectivity index (χ0n) is 18.8. The summed E-state index contributed by atoms with van der Waals surface area (Å²) >= 11 is 0. The van der Waals surface area contributed by atoms with E-state index in [1.165, 1.54) is 0 Å². The van der Waals surface area contributed by atoms with Crippen LogP contribution in [0.2, 0.25) is 0 Å². The van der Waals surface area contributed by atoms with Crippen LogP contribution >= 0.6 is 0 Å². The molecule has 0 aliphatic carbocycles. The van der Waals surface area contributed by atoms with Crippen molar-refractivity contribution in [3.8, 4) is 0 Å². The highest BCUT2D eigenvalue weighted by Gasteiger charge is 2.29. The molecular formula is C22H31N5O4. The van der Waals surface area contributed by atoms with Crippen LogP contribution in [-0.2, 0) is 4.74 Å². The number of carbonyl (C=O) groups is 1. The average molecular weight is 430 g/mol. The lowest BCUT2D eigenvalue weighted by molar-refractivity contribution is 0.0186. The molecule has 9 nitrogen and oxygen atoms in total. The van der Waals surface area contributed by atoms with Crippen molar-refractivity contribution in [2.45, 2.75) is 65.1 Å². The highest BCUT2D eigenvalue weighted by Crippen LogP contribution is 2.22. The third kappa shape index (κ3) is 5.74. The fraction of sp³-hybridized carbons (Fsp3) is 0.545. The number of nitrogens with one attached hydrogen (secondary N) is 2. The van der Waals surface area contributed by atoms with Gasteiger partial charge in [-0.3, -0.25) is 4.98 Å². The lowest BCUT2D eigenvalue weighted by Gasteiger charge is -2.33. The van der Waals surface area contributed by atoms with E-state index < -0.39 is 17.0 Å². The molecule has 1 saturated heterocycles. The Kier molecular flexibility index (Phi) is 6.52. The van der Waals surface area contributed by atoms with Crippen LogP contribution in [0, 0.1) is 6.92 Å². The molecule has 0 bridgehead atoms. The molecule has 0 spiro atoms. The number of rotatable bonds is 4. The summed E-state index contributed by atoms with van der Waals surface area (Å²) in [5.74, 6) is 0.144. The van der Waals surface area contributed by atoms with Gasteiger partial charge in [-0.2, -0.15) is 4.98 Å². The van der Waals surface area contributed by atoms with Gasteiger partial charge in [0.2, 0.25) is 5.95 Å². The van der Waals surface area contributed by atoms with Gasteiger partial charge in [-0.05, 0) is 53.0 Å². The number of aromatic nitrogens is 3. The van der Waals surface area contributed by atoms with Crippen LogP contribution in [0.3, 0.4) is 0 Å². The molecule has 0 radical (unpaired) electrons. The first kappa shape index (κ1) is 22.6. The summed E-state index contributed by atoms with van der Waals surface area (Å²) in [4.78, 5) is 45.8. The molecule has 3 rings (SSSR count).